The number of hydrogen-bond acceptors (Lipinski definition) is 6. The summed E-state index contributed by atoms with van der Waals surface area (Å²) in [6.07, 6.45) is -0.387. The first kappa shape index (κ1) is 23.6. The summed E-state index contributed by atoms with van der Waals surface area (Å²) in [5.74, 6) is 0. The SMILES string of the molecule is Cc1cccc(C)c1NC(=O)OC(C(CO)OC(=O)Nc1ccccc1)N1CCCCC1. The van der Waals surface area contributed by atoms with Crippen molar-refractivity contribution in [2.24, 2.45) is 0 Å². The van der Waals surface area contributed by atoms with Crippen molar-refractivity contribution in [3.63, 3.8) is 0 Å². The molecule has 8 nitrogen and oxygen atoms in total. The van der Waals surface area contributed by atoms with Crippen molar-refractivity contribution >= 4 is 23.6 Å². The van der Waals surface area contributed by atoms with E-state index in [-0.39, 0.29) is 0 Å². The fourth-order valence-corrected chi connectivity index (χ4v) is 3.80. The Bertz CT molecular complexity index is 880. The van der Waals surface area contributed by atoms with Crippen LogP contribution in [0.25, 0.3) is 0 Å². The van der Waals surface area contributed by atoms with Gasteiger partial charge in [0.2, 0.25) is 0 Å². The van der Waals surface area contributed by atoms with E-state index in [0.29, 0.717) is 24.5 Å². The highest BCUT2D eigenvalue weighted by molar-refractivity contribution is 5.87. The maximum Gasteiger partial charge on any atom is 0.413 e. The number of ether oxygens (including phenoxy) is 2. The monoisotopic (exact) mass is 441 g/mol. The zero-order valence-corrected chi connectivity index (χ0v) is 18.5. The molecule has 0 spiro atoms. The molecule has 2 unspecified atom stereocenters. The van der Waals surface area contributed by atoms with Crippen LogP contribution in [0.2, 0.25) is 0 Å². The molecule has 172 valence electrons. The average molecular weight is 442 g/mol. The van der Waals surface area contributed by atoms with E-state index in [2.05, 4.69) is 10.6 Å². The fourth-order valence-electron chi connectivity index (χ4n) is 3.80. The summed E-state index contributed by atoms with van der Waals surface area (Å²) in [5.41, 5.74) is 3.07. The number of para-hydroxylation sites is 2. The molecule has 0 aromatic heterocycles. The van der Waals surface area contributed by atoms with Crippen LogP contribution in [-0.4, -0.2) is 54.2 Å². The number of nitrogens with one attached hydrogen (secondary N) is 2. The number of amides is 2. The molecule has 8 heteroatoms. The molecule has 1 aliphatic heterocycles. The molecule has 1 heterocycles. The number of aryl methyl sites for hydroxylation is 2. The first-order valence-electron chi connectivity index (χ1n) is 10.9. The highest BCUT2D eigenvalue weighted by Gasteiger charge is 2.34. The third kappa shape index (κ3) is 6.45. The van der Waals surface area contributed by atoms with Gasteiger partial charge in [-0.05, 0) is 49.9 Å². The lowest BCUT2D eigenvalue weighted by Gasteiger charge is -2.37. The van der Waals surface area contributed by atoms with Crippen LogP contribution >= 0.6 is 0 Å². The Hall–Kier alpha value is -3.10. The summed E-state index contributed by atoms with van der Waals surface area (Å²) in [5, 5.41) is 15.4. The molecular formula is C24H31N3O5. The van der Waals surface area contributed by atoms with Gasteiger partial charge in [-0.3, -0.25) is 15.5 Å². The van der Waals surface area contributed by atoms with Crippen LogP contribution in [0.1, 0.15) is 30.4 Å². The zero-order valence-electron chi connectivity index (χ0n) is 18.5. The number of carbonyl (C=O) groups excluding carboxylic acids is 2. The van der Waals surface area contributed by atoms with Gasteiger partial charge in [-0.1, -0.05) is 42.8 Å². The molecule has 2 aromatic carbocycles. The first-order chi connectivity index (χ1) is 15.5. The molecule has 2 amide bonds. The van der Waals surface area contributed by atoms with Gasteiger partial charge < -0.3 is 14.6 Å². The molecule has 1 aliphatic rings. The maximum absolute atomic E-state index is 12.8. The normalized spacial score (nSPS) is 16.0. The van der Waals surface area contributed by atoms with Gasteiger partial charge in [0.25, 0.3) is 0 Å². The fraction of sp³-hybridized carbons (Fsp3) is 0.417. The van der Waals surface area contributed by atoms with E-state index in [1.807, 2.05) is 43.0 Å². The van der Waals surface area contributed by atoms with E-state index in [1.54, 1.807) is 24.3 Å². The topological polar surface area (TPSA) is 100 Å². The molecule has 1 fully saturated rings. The number of aliphatic hydroxyl groups excluding tert-OH is 1. The molecule has 0 aliphatic carbocycles. The minimum absolute atomic E-state index is 0.486. The third-order valence-corrected chi connectivity index (χ3v) is 5.46. The van der Waals surface area contributed by atoms with Gasteiger partial charge in [-0.2, -0.15) is 0 Å². The Balaban J connectivity index is 1.71. The van der Waals surface area contributed by atoms with Crippen molar-refractivity contribution in [1.29, 1.82) is 0 Å². The van der Waals surface area contributed by atoms with Crippen molar-refractivity contribution in [2.75, 3.05) is 30.3 Å². The van der Waals surface area contributed by atoms with Gasteiger partial charge in [0, 0.05) is 24.5 Å². The lowest BCUT2D eigenvalue weighted by molar-refractivity contribution is -0.106. The Labute approximate surface area is 188 Å². The molecule has 3 N–H and O–H groups in total. The highest BCUT2D eigenvalue weighted by atomic mass is 16.6. The third-order valence-electron chi connectivity index (χ3n) is 5.46. The van der Waals surface area contributed by atoms with Crippen LogP contribution in [0.3, 0.4) is 0 Å². The minimum Gasteiger partial charge on any atom is -0.438 e. The number of aliphatic hydroxyl groups is 1. The summed E-state index contributed by atoms with van der Waals surface area (Å²) in [6, 6.07) is 14.6. The van der Waals surface area contributed by atoms with Crippen LogP contribution in [0, 0.1) is 13.8 Å². The lowest BCUT2D eigenvalue weighted by atomic mass is 10.1. The van der Waals surface area contributed by atoms with Crippen molar-refractivity contribution < 1.29 is 24.2 Å². The molecule has 1 saturated heterocycles. The van der Waals surface area contributed by atoms with Crippen molar-refractivity contribution in [3.8, 4) is 0 Å². The molecule has 2 aromatic rings. The summed E-state index contributed by atoms with van der Waals surface area (Å²) in [6.45, 7) is 4.68. The van der Waals surface area contributed by atoms with Crippen molar-refractivity contribution in [3.05, 3.63) is 59.7 Å². The predicted octanol–water partition coefficient (Wildman–Crippen LogP) is 4.27. The molecular weight excluding hydrogens is 410 g/mol. The largest absolute Gasteiger partial charge is 0.438 e. The van der Waals surface area contributed by atoms with E-state index >= 15 is 0 Å². The number of benzene rings is 2. The Kier molecular flexibility index (Phi) is 8.47. The average Bonchev–Trinajstić information content (AvgIpc) is 2.80. The number of piperidine rings is 1. The Morgan fingerprint density at radius 1 is 0.906 bits per heavy atom. The number of anilines is 2. The molecule has 3 rings (SSSR count). The standard InChI is InChI=1S/C24H31N3O5/c1-17-10-9-11-18(2)21(17)26-24(30)32-22(27-14-7-4-8-15-27)20(16-28)31-23(29)25-19-12-5-3-6-13-19/h3,5-6,9-13,20,22,28H,4,7-8,14-16H2,1-2H3,(H,25,29)(H,26,30). The van der Waals surface area contributed by atoms with E-state index in [0.717, 1.165) is 30.4 Å². The lowest BCUT2D eigenvalue weighted by Crippen LogP contribution is -2.52. The van der Waals surface area contributed by atoms with Gasteiger partial charge in [-0.15, -0.1) is 0 Å². The van der Waals surface area contributed by atoms with Crippen LogP contribution < -0.4 is 10.6 Å². The van der Waals surface area contributed by atoms with Crippen LogP contribution in [-0.2, 0) is 9.47 Å². The zero-order chi connectivity index (χ0) is 22.9. The van der Waals surface area contributed by atoms with E-state index in [9.17, 15) is 14.7 Å². The molecule has 0 bridgehead atoms. The molecule has 2 atom stereocenters. The number of rotatable bonds is 7. The Morgan fingerprint density at radius 2 is 1.53 bits per heavy atom. The predicted molar refractivity (Wildman–Crippen MR) is 123 cm³/mol. The second-order valence-corrected chi connectivity index (χ2v) is 7.90. The van der Waals surface area contributed by atoms with Gasteiger partial charge in [0.1, 0.15) is 0 Å². The van der Waals surface area contributed by atoms with E-state index in [1.165, 1.54) is 0 Å². The van der Waals surface area contributed by atoms with Gasteiger partial charge in [-0.25, -0.2) is 9.59 Å². The molecule has 32 heavy (non-hydrogen) atoms. The number of hydrogen-bond donors (Lipinski definition) is 3. The number of likely N-dealkylation sites (tertiary alicyclic amines) is 1. The first-order valence-corrected chi connectivity index (χ1v) is 10.9. The van der Waals surface area contributed by atoms with Crippen molar-refractivity contribution in [1.82, 2.24) is 4.90 Å². The quantitative estimate of drug-likeness (QED) is 0.593. The van der Waals surface area contributed by atoms with E-state index < -0.39 is 31.1 Å². The number of carbonyl (C=O) groups is 2. The van der Waals surface area contributed by atoms with Crippen LogP contribution in [0.5, 0.6) is 0 Å². The van der Waals surface area contributed by atoms with E-state index in [4.69, 9.17) is 9.47 Å². The minimum atomic E-state index is -1.04. The maximum atomic E-state index is 12.8. The molecule has 0 radical (unpaired) electrons. The Morgan fingerprint density at radius 3 is 2.16 bits per heavy atom. The smallest absolute Gasteiger partial charge is 0.413 e. The summed E-state index contributed by atoms with van der Waals surface area (Å²) in [4.78, 5) is 27.1. The number of nitrogens with zero attached hydrogens (tertiary/aromatic N) is 1. The summed E-state index contributed by atoms with van der Waals surface area (Å²) < 4.78 is 11.2. The van der Waals surface area contributed by atoms with Crippen molar-refractivity contribution in [2.45, 2.75) is 45.4 Å². The highest BCUT2D eigenvalue weighted by Crippen LogP contribution is 2.22. The summed E-state index contributed by atoms with van der Waals surface area (Å²) >= 11 is 0. The second-order valence-electron chi connectivity index (χ2n) is 7.90. The van der Waals surface area contributed by atoms with Crippen LogP contribution in [0.4, 0.5) is 21.0 Å². The van der Waals surface area contributed by atoms with Crippen LogP contribution in [0.15, 0.2) is 48.5 Å². The van der Waals surface area contributed by atoms with Gasteiger partial charge in [0.15, 0.2) is 12.3 Å². The van der Waals surface area contributed by atoms with Gasteiger partial charge in [0.05, 0.1) is 6.61 Å². The second kappa shape index (κ2) is 11.5. The van der Waals surface area contributed by atoms with Gasteiger partial charge >= 0.3 is 12.2 Å². The summed E-state index contributed by atoms with van der Waals surface area (Å²) in [7, 11) is 0. The molecule has 0 saturated carbocycles.